The van der Waals surface area contributed by atoms with Crippen LogP contribution < -0.4 is 9.47 Å². The Labute approximate surface area is 167 Å². The highest BCUT2D eigenvalue weighted by Crippen LogP contribution is 2.23. The maximum Gasteiger partial charge on any atom is 0.263 e. The summed E-state index contributed by atoms with van der Waals surface area (Å²) in [5.74, 6) is 0.176. The monoisotopic (exact) mass is 396 g/mol. The molecular formula is C21H21FN4O3. The lowest BCUT2D eigenvalue weighted by Gasteiger charge is -2.40. The Morgan fingerprint density at radius 2 is 1.90 bits per heavy atom. The first-order valence-electron chi connectivity index (χ1n) is 9.38. The summed E-state index contributed by atoms with van der Waals surface area (Å²) in [6, 6.07) is 15.6. The van der Waals surface area contributed by atoms with Gasteiger partial charge in [-0.05, 0) is 31.2 Å². The first kappa shape index (κ1) is 18.9. The van der Waals surface area contributed by atoms with Crippen molar-refractivity contribution in [2.45, 2.75) is 25.7 Å². The molecule has 0 saturated carbocycles. The van der Waals surface area contributed by atoms with Gasteiger partial charge in [0.15, 0.2) is 17.7 Å². The van der Waals surface area contributed by atoms with Crippen molar-refractivity contribution in [3.05, 3.63) is 72.3 Å². The molecule has 1 aliphatic heterocycles. The third-order valence-electron chi connectivity index (χ3n) is 4.72. The summed E-state index contributed by atoms with van der Waals surface area (Å²) < 4.78 is 26.6. The second-order valence-corrected chi connectivity index (χ2v) is 6.88. The zero-order valence-corrected chi connectivity index (χ0v) is 15.9. The molecule has 0 spiro atoms. The quantitative estimate of drug-likeness (QED) is 0.614. The Kier molecular flexibility index (Phi) is 5.41. The molecule has 0 N–H and O–H groups in total. The lowest BCUT2D eigenvalue weighted by atomic mass is 10.1. The summed E-state index contributed by atoms with van der Waals surface area (Å²) >= 11 is 0. The third-order valence-corrected chi connectivity index (χ3v) is 4.72. The van der Waals surface area contributed by atoms with Gasteiger partial charge in [0.05, 0.1) is 12.2 Å². The van der Waals surface area contributed by atoms with E-state index in [1.165, 1.54) is 12.1 Å². The second kappa shape index (κ2) is 8.30. The summed E-state index contributed by atoms with van der Waals surface area (Å²) in [5, 5.41) is 8.26. The van der Waals surface area contributed by atoms with Crippen molar-refractivity contribution in [1.29, 1.82) is 0 Å². The number of hydrogen-bond acceptors (Lipinski definition) is 5. The zero-order chi connectivity index (χ0) is 20.2. The van der Waals surface area contributed by atoms with Crippen LogP contribution in [0.3, 0.4) is 0 Å². The molecule has 2 heterocycles. The number of carbonyl (C=O) groups is 1. The van der Waals surface area contributed by atoms with Crippen molar-refractivity contribution in [2.75, 3.05) is 13.1 Å². The smallest absolute Gasteiger partial charge is 0.263 e. The largest absolute Gasteiger partial charge is 0.487 e. The van der Waals surface area contributed by atoms with Gasteiger partial charge in [0.1, 0.15) is 18.1 Å². The van der Waals surface area contributed by atoms with Gasteiger partial charge in [-0.15, -0.1) is 5.10 Å². The number of carbonyl (C=O) groups excluding carboxylic acids is 1. The fourth-order valence-electron chi connectivity index (χ4n) is 3.07. The van der Waals surface area contributed by atoms with E-state index in [4.69, 9.17) is 9.47 Å². The number of amides is 1. The molecule has 1 amide bonds. The maximum absolute atomic E-state index is 13.7. The van der Waals surface area contributed by atoms with Gasteiger partial charge in [-0.3, -0.25) is 4.79 Å². The molecule has 3 aromatic rings. The van der Waals surface area contributed by atoms with Crippen LogP contribution in [0.1, 0.15) is 18.7 Å². The molecule has 8 heteroatoms. The molecule has 7 nitrogen and oxygen atoms in total. The minimum absolute atomic E-state index is 0.0533. The van der Waals surface area contributed by atoms with Gasteiger partial charge in [0.25, 0.3) is 5.91 Å². The van der Waals surface area contributed by atoms with Gasteiger partial charge in [0, 0.05) is 13.1 Å². The number of para-hydroxylation sites is 2. The number of nitrogens with zero attached hydrogens (tertiary/aromatic N) is 4. The standard InChI is InChI=1S/C21H21FN4O3/c1-15(29-20-10-6-5-9-19(20)22)21(27)25-12-17(13-25)26-11-16(23-24-26)14-28-18-7-3-2-4-8-18/h2-11,15,17H,12-14H2,1H3. The summed E-state index contributed by atoms with van der Waals surface area (Å²) in [5.41, 5.74) is 0.717. The van der Waals surface area contributed by atoms with Crippen LogP contribution in [-0.4, -0.2) is 45.0 Å². The second-order valence-electron chi connectivity index (χ2n) is 6.88. The van der Waals surface area contributed by atoms with Crippen LogP contribution in [0, 0.1) is 5.82 Å². The van der Waals surface area contributed by atoms with E-state index < -0.39 is 11.9 Å². The molecule has 150 valence electrons. The number of rotatable bonds is 7. The van der Waals surface area contributed by atoms with Crippen molar-refractivity contribution >= 4 is 5.91 Å². The third kappa shape index (κ3) is 4.37. The highest BCUT2D eigenvalue weighted by Gasteiger charge is 2.35. The summed E-state index contributed by atoms with van der Waals surface area (Å²) in [4.78, 5) is 14.2. The Morgan fingerprint density at radius 3 is 2.66 bits per heavy atom. The van der Waals surface area contributed by atoms with Gasteiger partial charge in [0.2, 0.25) is 0 Å². The number of aromatic nitrogens is 3. The molecule has 1 aromatic heterocycles. The molecule has 0 bridgehead atoms. The number of halogens is 1. The number of ether oxygens (including phenoxy) is 2. The molecule has 1 atom stereocenters. The van der Waals surface area contributed by atoms with Crippen molar-refractivity contribution in [1.82, 2.24) is 19.9 Å². The Balaban J connectivity index is 1.27. The van der Waals surface area contributed by atoms with Gasteiger partial charge in [-0.25, -0.2) is 9.07 Å². The van der Waals surface area contributed by atoms with E-state index >= 15 is 0 Å². The first-order valence-corrected chi connectivity index (χ1v) is 9.38. The van der Waals surface area contributed by atoms with Crippen molar-refractivity contribution in [3.63, 3.8) is 0 Å². The zero-order valence-electron chi connectivity index (χ0n) is 15.9. The van der Waals surface area contributed by atoms with Crippen LogP contribution in [0.15, 0.2) is 60.8 Å². The molecule has 0 radical (unpaired) electrons. The van der Waals surface area contributed by atoms with Crippen molar-refractivity contribution < 1.29 is 18.7 Å². The van der Waals surface area contributed by atoms with Crippen LogP contribution in [0.4, 0.5) is 4.39 Å². The van der Waals surface area contributed by atoms with Gasteiger partial charge in [-0.2, -0.15) is 0 Å². The van der Waals surface area contributed by atoms with E-state index in [1.807, 2.05) is 36.5 Å². The SMILES string of the molecule is CC(Oc1ccccc1F)C(=O)N1CC(n2cc(COc3ccccc3)nn2)C1. The predicted octanol–water partition coefficient (Wildman–Crippen LogP) is 2.85. The minimum Gasteiger partial charge on any atom is -0.487 e. The van der Waals surface area contributed by atoms with Gasteiger partial charge >= 0.3 is 0 Å². The van der Waals surface area contributed by atoms with Gasteiger partial charge in [-0.1, -0.05) is 35.5 Å². The average molecular weight is 396 g/mol. The molecule has 1 unspecified atom stereocenters. The Hall–Kier alpha value is -3.42. The highest BCUT2D eigenvalue weighted by atomic mass is 19.1. The van der Waals surface area contributed by atoms with E-state index in [0.29, 0.717) is 19.7 Å². The number of likely N-dealkylation sites (tertiary alicyclic amines) is 1. The molecule has 1 aliphatic rings. The van der Waals surface area contributed by atoms with Crippen LogP contribution in [-0.2, 0) is 11.4 Å². The number of benzene rings is 2. The summed E-state index contributed by atoms with van der Waals surface area (Å²) in [6.45, 7) is 2.96. The van der Waals surface area contributed by atoms with Crippen LogP contribution in [0.5, 0.6) is 11.5 Å². The van der Waals surface area contributed by atoms with Crippen LogP contribution >= 0.6 is 0 Å². The molecule has 29 heavy (non-hydrogen) atoms. The summed E-state index contributed by atoms with van der Waals surface area (Å²) in [6.07, 6.45) is 1.06. The minimum atomic E-state index is -0.765. The lowest BCUT2D eigenvalue weighted by Crippen LogP contribution is -2.54. The molecule has 2 aromatic carbocycles. The molecule has 4 rings (SSSR count). The Bertz CT molecular complexity index is 973. The van der Waals surface area contributed by atoms with E-state index in [0.717, 1.165) is 11.4 Å². The molecule has 0 aliphatic carbocycles. The number of hydrogen-bond donors (Lipinski definition) is 0. The maximum atomic E-state index is 13.7. The average Bonchev–Trinajstić information content (AvgIpc) is 3.16. The highest BCUT2D eigenvalue weighted by molar-refractivity contribution is 5.81. The molecular weight excluding hydrogens is 375 g/mol. The molecule has 1 saturated heterocycles. The topological polar surface area (TPSA) is 69.5 Å². The lowest BCUT2D eigenvalue weighted by molar-refractivity contribution is -0.144. The first-order chi connectivity index (χ1) is 14.1. The normalized spacial score (nSPS) is 14.9. The van der Waals surface area contributed by atoms with E-state index in [1.54, 1.807) is 28.6 Å². The van der Waals surface area contributed by atoms with Crippen molar-refractivity contribution in [2.24, 2.45) is 0 Å². The van der Waals surface area contributed by atoms with E-state index in [2.05, 4.69) is 10.3 Å². The van der Waals surface area contributed by atoms with Gasteiger partial charge < -0.3 is 14.4 Å². The van der Waals surface area contributed by atoms with E-state index in [9.17, 15) is 9.18 Å². The van der Waals surface area contributed by atoms with Crippen LogP contribution in [0.2, 0.25) is 0 Å². The summed E-state index contributed by atoms with van der Waals surface area (Å²) in [7, 11) is 0. The van der Waals surface area contributed by atoms with Crippen molar-refractivity contribution in [3.8, 4) is 11.5 Å². The molecule has 1 fully saturated rings. The predicted molar refractivity (Wildman–Crippen MR) is 103 cm³/mol. The van der Waals surface area contributed by atoms with Crippen LogP contribution in [0.25, 0.3) is 0 Å². The Morgan fingerprint density at radius 1 is 1.17 bits per heavy atom. The fourth-order valence-corrected chi connectivity index (χ4v) is 3.07. The van der Waals surface area contributed by atoms with E-state index in [-0.39, 0.29) is 17.7 Å². The fraction of sp³-hybridized carbons (Fsp3) is 0.286.